The van der Waals surface area contributed by atoms with Crippen LogP contribution in [-0.4, -0.2) is 49.6 Å². The number of piperidine rings is 1. The minimum absolute atomic E-state index is 0.122. The third kappa shape index (κ3) is 5.12. The van der Waals surface area contributed by atoms with Crippen LogP contribution in [0.25, 0.3) is 0 Å². The second kappa shape index (κ2) is 8.95. The Balaban J connectivity index is 2.31. The van der Waals surface area contributed by atoms with Crippen LogP contribution in [0.1, 0.15) is 46.0 Å². The van der Waals surface area contributed by atoms with Gasteiger partial charge in [0.1, 0.15) is 0 Å². The van der Waals surface area contributed by atoms with Crippen molar-refractivity contribution in [2.45, 2.75) is 52.0 Å². The Morgan fingerprint density at radius 2 is 1.85 bits per heavy atom. The maximum Gasteiger partial charge on any atom is 0.224 e. The molecular weight excluding hydrogens is 256 g/mol. The van der Waals surface area contributed by atoms with E-state index in [-0.39, 0.29) is 23.8 Å². The second-order valence-electron chi connectivity index (χ2n) is 5.42. The number of likely N-dealkylation sites (tertiary alicyclic amines) is 1. The van der Waals surface area contributed by atoms with Gasteiger partial charge in [-0.05, 0) is 25.7 Å². The molecule has 20 heavy (non-hydrogen) atoms. The predicted octanol–water partition coefficient (Wildman–Crippen LogP) is 1.57. The van der Waals surface area contributed by atoms with Gasteiger partial charge in [0.2, 0.25) is 11.8 Å². The van der Waals surface area contributed by atoms with Gasteiger partial charge in [-0.3, -0.25) is 9.59 Å². The van der Waals surface area contributed by atoms with Gasteiger partial charge in [0.05, 0.1) is 13.0 Å². The molecule has 0 radical (unpaired) electrons. The van der Waals surface area contributed by atoms with Crippen molar-refractivity contribution in [3.63, 3.8) is 0 Å². The summed E-state index contributed by atoms with van der Waals surface area (Å²) in [6.07, 6.45) is 3.92. The van der Waals surface area contributed by atoms with E-state index in [1.807, 2.05) is 18.7 Å². The first-order valence-electron chi connectivity index (χ1n) is 7.69. The zero-order valence-corrected chi connectivity index (χ0v) is 13.0. The molecule has 2 amide bonds. The smallest absolute Gasteiger partial charge is 0.224 e. The molecule has 0 atom stereocenters. The van der Waals surface area contributed by atoms with Crippen LogP contribution in [-0.2, 0) is 14.3 Å². The monoisotopic (exact) mass is 284 g/mol. The van der Waals surface area contributed by atoms with E-state index in [1.54, 1.807) is 7.11 Å². The topological polar surface area (TPSA) is 58.6 Å². The summed E-state index contributed by atoms with van der Waals surface area (Å²) in [4.78, 5) is 25.7. The minimum atomic E-state index is 0.122. The fraction of sp³-hybridized carbons (Fsp3) is 0.867. The SMILES string of the molecule is CCC(CC)C(=O)NC1CCN(C(=O)CCOC)CC1. The van der Waals surface area contributed by atoms with Crippen LogP contribution in [0.5, 0.6) is 0 Å². The van der Waals surface area contributed by atoms with Crippen molar-refractivity contribution < 1.29 is 14.3 Å². The van der Waals surface area contributed by atoms with E-state index < -0.39 is 0 Å². The summed E-state index contributed by atoms with van der Waals surface area (Å²) >= 11 is 0. The zero-order valence-electron chi connectivity index (χ0n) is 13.0. The number of hydrogen-bond acceptors (Lipinski definition) is 3. The van der Waals surface area contributed by atoms with E-state index in [2.05, 4.69) is 5.32 Å². The summed E-state index contributed by atoms with van der Waals surface area (Å²) < 4.78 is 4.92. The molecule has 1 heterocycles. The molecule has 116 valence electrons. The summed E-state index contributed by atoms with van der Waals surface area (Å²) in [6.45, 7) is 6.03. The normalized spacial score (nSPS) is 16.5. The zero-order chi connectivity index (χ0) is 15.0. The highest BCUT2D eigenvalue weighted by molar-refractivity contribution is 5.79. The summed E-state index contributed by atoms with van der Waals surface area (Å²) in [5, 5.41) is 3.12. The maximum atomic E-state index is 12.0. The average molecular weight is 284 g/mol. The molecule has 1 saturated heterocycles. The van der Waals surface area contributed by atoms with Crippen molar-refractivity contribution in [2.24, 2.45) is 5.92 Å². The van der Waals surface area contributed by atoms with Gasteiger partial charge in [0.25, 0.3) is 0 Å². The molecule has 0 aromatic rings. The molecule has 1 fully saturated rings. The van der Waals surface area contributed by atoms with E-state index in [0.717, 1.165) is 38.8 Å². The molecule has 0 spiro atoms. The van der Waals surface area contributed by atoms with Gasteiger partial charge in [0, 0.05) is 32.2 Å². The number of amides is 2. The lowest BCUT2D eigenvalue weighted by Gasteiger charge is -2.33. The quantitative estimate of drug-likeness (QED) is 0.772. The van der Waals surface area contributed by atoms with Gasteiger partial charge < -0.3 is 15.0 Å². The lowest BCUT2D eigenvalue weighted by Crippen LogP contribution is -2.47. The van der Waals surface area contributed by atoms with Gasteiger partial charge in [0.15, 0.2) is 0 Å². The molecule has 0 aliphatic carbocycles. The van der Waals surface area contributed by atoms with Crippen molar-refractivity contribution in [2.75, 3.05) is 26.8 Å². The van der Waals surface area contributed by atoms with Gasteiger partial charge in [-0.15, -0.1) is 0 Å². The van der Waals surface area contributed by atoms with Crippen LogP contribution >= 0.6 is 0 Å². The van der Waals surface area contributed by atoms with Crippen molar-refractivity contribution in [1.29, 1.82) is 0 Å². The number of nitrogens with zero attached hydrogens (tertiary/aromatic N) is 1. The summed E-state index contributed by atoms with van der Waals surface area (Å²) in [5.74, 6) is 0.437. The number of rotatable bonds is 7. The number of carbonyl (C=O) groups excluding carboxylic acids is 2. The van der Waals surface area contributed by atoms with Crippen LogP contribution in [0, 0.1) is 5.92 Å². The van der Waals surface area contributed by atoms with E-state index in [0.29, 0.717) is 13.0 Å². The van der Waals surface area contributed by atoms with Gasteiger partial charge in [-0.25, -0.2) is 0 Å². The lowest BCUT2D eigenvalue weighted by atomic mass is 9.99. The summed E-state index contributed by atoms with van der Waals surface area (Å²) in [5.41, 5.74) is 0. The molecule has 0 saturated carbocycles. The first kappa shape index (κ1) is 17.0. The van der Waals surface area contributed by atoms with Gasteiger partial charge in [-0.1, -0.05) is 13.8 Å². The first-order valence-corrected chi connectivity index (χ1v) is 7.69. The molecule has 1 aliphatic rings. The fourth-order valence-corrected chi connectivity index (χ4v) is 2.60. The molecule has 1 aliphatic heterocycles. The van der Waals surface area contributed by atoms with Gasteiger partial charge >= 0.3 is 0 Å². The van der Waals surface area contributed by atoms with E-state index in [9.17, 15) is 9.59 Å². The number of ether oxygens (including phenoxy) is 1. The molecule has 0 aromatic carbocycles. The average Bonchev–Trinajstić information content (AvgIpc) is 2.46. The van der Waals surface area contributed by atoms with Crippen LogP contribution in [0.2, 0.25) is 0 Å². The summed E-state index contributed by atoms with van der Waals surface area (Å²) in [7, 11) is 1.60. The number of methoxy groups -OCH3 is 1. The molecule has 0 bridgehead atoms. The summed E-state index contributed by atoms with van der Waals surface area (Å²) in [6, 6.07) is 0.217. The van der Waals surface area contributed by atoms with Crippen molar-refractivity contribution >= 4 is 11.8 Å². The second-order valence-corrected chi connectivity index (χ2v) is 5.42. The molecule has 1 N–H and O–H groups in total. The van der Waals surface area contributed by atoms with E-state index in [1.165, 1.54) is 0 Å². The third-order valence-corrected chi connectivity index (χ3v) is 4.07. The minimum Gasteiger partial charge on any atom is -0.384 e. The number of nitrogens with one attached hydrogen (secondary N) is 1. The molecule has 5 heteroatoms. The number of hydrogen-bond donors (Lipinski definition) is 1. The van der Waals surface area contributed by atoms with E-state index in [4.69, 9.17) is 4.74 Å². The first-order chi connectivity index (χ1) is 9.62. The largest absolute Gasteiger partial charge is 0.384 e. The van der Waals surface area contributed by atoms with Crippen molar-refractivity contribution in [1.82, 2.24) is 10.2 Å². The molecule has 0 unspecified atom stereocenters. The molecule has 5 nitrogen and oxygen atoms in total. The van der Waals surface area contributed by atoms with E-state index >= 15 is 0 Å². The highest BCUT2D eigenvalue weighted by atomic mass is 16.5. The van der Waals surface area contributed by atoms with Crippen LogP contribution < -0.4 is 5.32 Å². The van der Waals surface area contributed by atoms with Crippen LogP contribution in [0.3, 0.4) is 0 Å². The number of carbonyl (C=O) groups is 2. The van der Waals surface area contributed by atoms with Crippen LogP contribution in [0.15, 0.2) is 0 Å². The van der Waals surface area contributed by atoms with Crippen molar-refractivity contribution in [3.8, 4) is 0 Å². The molecule has 0 aromatic heterocycles. The van der Waals surface area contributed by atoms with Crippen LogP contribution in [0.4, 0.5) is 0 Å². The maximum absolute atomic E-state index is 12.0. The Kier molecular flexibility index (Phi) is 7.59. The Hall–Kier alpha value is -1.10. The van der Waals surface area contributed by atoms with Gasteiger partial charge in [-0.2, -0.15) is 0 Å². The Bertz CT molecular complexity index is 308. The third-order valence-electron chi connectivity index (χ3n) is 4.07. The fourth-order valence-electron chi connectivity index (χ4n) is 2.60. The lowest BCUT2D eigenvalue weighted by molar-refractivity contribution is -0.133. The Labute approximate surface area is 122 Å². The molecular formula is C15H28N2O3. The Morgan fingerprint density at radius 1 is 1.25 bits per heavy atom. The highest BCUT2D eigenvalue weighted by Crippen LogP contribution is 2.14. The Morgan fingerprint density at radius 3 is 2.35 bits per heavy atom. The standard InChI is InChI=1S/C15H28N2O3/c1-4-12(5-2)15(19)16-13-6-9-17(10-7-13)14(18)8-11-20-3/h12-13H,4-11H2,1-3H3,(H,16,19). The predicted molar refractivity (Wildman–Crippen MR) is 78.3 cm³/mol. The molecule has 1 rings (SSSR count). The van der Waals surface area contributed by atoms with Crippen molar-refractivity contribution in [3.05, 3.63) is 0 Å². The highest BCUT2D eigenvalue weighted by Gasteiger charge is 2.25.